The first-order chi connectivity index (χ1) is 19.4. The molecule has 2 heterocycles. The lowest BCUT2D eigenvalue weighted by molar-refractivity contribution is -0.143. The first-order valence-electron chi connectivity index (χ1n) is 15.5. The molecule has 0 spiro atoms. The average molecular weight is 545 g/mol. The lowest BCUT2D eigenvalue weighted by Gasteiger charge is -2.35. The molecule has 0 bridgehead atoms. The van der Waals surface area contributed by atoms with Crippen molar-refractivity contribution in [2.24, 2.45) is 5.92 Å². The summed E-state index contributed by atoms with van der Waals surface area (Å²) < 4.78 is 0. The van der Waals surface area contributed by atoms with Gasteiger partial charge in [-0.2, -0.15) is 0 Å². The fraction of sp³-hybridized carbons (Fsp3) is 0.576. The molecule has 2 aliphatic heterocycles. The van der Waals surface area contributed by atoms with Gasteiger partial charge in [0.2, 0.25) is 0 Å². The fourth-order valence-electron chi connectivity index (χ4n) is 7.01. The zero-order valence-corrected chi connectivity index (χ0v) is 23.9. The second kappa shape index (κ2) is 11.5. The summed E-state index contributed by atoms with van der Waals surface area (Å²) in [6.45, 7) is 1.95. The number of hydrogen-bond acceptors (Lipinski definition) is 5. The van der Waals surface area contributed by atoms with Gasteiger partial charge in [0.1, 0.15) is 5.60 Å². The molecule has 0 aromatic heterocycles. The van der Waals surface area contributed by atoms with Crippen LogP contribution in [0.25, 0.3) is 11.1 Å². The van der Waals surface area contributed by atoms with E-state index >= 15 is 0 Å². The Morgan fingerprint density at radius 1 is 0.800 bits per heavy atom. The molecule has 1 saturated heterocycles. The Hall–Kier alpha value is -2.90. The van der Waals surface area contributed by atoms with Crippen LogP contribution < -0.4 is 5.43 Å². The smallest absolute Gasteiger partial charge is 0.254 e. The predicted molar refractivity (Wildman–Crippen MR) is 158 cm³/mol. The Bertz CT molecular complexity index is 1210. The molecule has 4 aliphatic rings. The van der Waals surface area contributed by atoms with Gasteiger partial charge in [0.25, 0.3) is 11.8 Å². The van der Waals surface area contributed by atoms with Crippen molar-refractivity contribution in [1.29, 1.82) is 0 Å². The third kappa shape index (κ3) is 5.64. The van der Waals surface area contributed by atoms with E-state index in [0.29, 0.717) is 56.5 Å². The van der Waals surface area contributed by atoms with E-state index in [0.717, 1.165) is 5.56 Å². The second-order valence-corrected chi connectivity index (χ2v) is 12.5. The van der Waals surface area contributed by atoms with Gasteiger partial charge in [-0.05, 0) is 72.6 Å². The zero-order valence-electron chi connectivity index (χ0n) is 23.9. The molecule has 6 rings (SSSR count). The molecule has 1 atom stereocenters. The number of carbonyl (C=O) groups is 2. The standard InChI is InChI=1S/C33H44N4O3/c1-35-30(25-9-7-5-3-2-4-6-8-10-25)28-23-27(15-16-29(28)34-35)24-11-13-26(14-12-24)31(38)36-19-21-37(22-20-36)32(39)33(40)17-18-33/h11-16,23,25,30,34,40H,2-10,17-22H2,1H3. The minimum atomic E-state index is -1.14. The monoisotopic (exact) mass is 544 g/mol. The van der Waals surface area contributed by atoms with Crippen LogP contribution >= 0.6 is 0 Å². The van der Waals surface area contributed by atoms with Gasteiger partial charge in [-0.25, -0.2) is 5.01 Å². The number of nitrogens with zero attached hydrogens (tertiary/aromatic N) is 3. The third-order valence-corrected chi connectivity index (χ3v) is 9.62. The minimum absolute atomic E-state index is 0.000347. The summed E-state index contributed by atoms with van der Waals surface area (Å²) in [4.78, 5) is 29.1. The normalized spacial score (nSPS) is 23.8. The predicted octanol–water partition coefficient (Wildman–Crippen LogP) is 5.62. The van der Waals surface area contributed by atoms with Gasteiger partial charge in [0.15, 0.2) is 0 Å². The Balaban J connectivity index is 1.13. The van der Waals surface area contributed by atoms with Crippen molar-refractivity contribution < 1.29 is 14.7 Å². The van der Waals surface area contributed by atoms with Gasteiger partial charge < -0.3 is 20.3 Å². The lowest BCUT2D eigenvalue weighted by Crippen LogP contribution is -2.53. The number of nitrogens with one attached hydrogen (secondary N) is 1. The maximum atomic E-state index is 13.2. The Morgan fingerprint density at radius 2 is 1.38 bits per heavy atom. The van der Waals surface area contributed by atoms with Crippen LogP contribution in [0.2, 0.25) is 0 Å². The summed E-state index contributed by atoms with van der Waals surface area (Å²) in [5.41, 5.74) is 8.06. The number of amides is 2. The largest absolute Gasteiger partial charge is 0.380 e. The summed E-state index contributed by atoms with van der Waals surface area (Å²) in [6, 6.07) is 15.1. The van der Waals surface area contributed by atoms with Gasteiger partial charge >= 0.3 is 0 Å². The molecular formula is C33H44N4O3. The molecule has 3 fully saturated rings. The van der Waals surface area contributed by atoms with Crippen molar-refractivity contribution in [1.82, 2.24) is 14.8 Å². The molecular weight excluding hydrogens is 500 g/mol. The number of rotatable bonds is 4. The van der Waals surface area contributed by atoms with Gasteiger partial charge in [-0.15, -0.1) is 0 Å². The maximum Gasteiger partial charge on any atom is 0.254 e. The van der Waals surface area contributed by atoms with E-state index in [9.17, 15) is 14.7 Å². The first-order valence-corrected chi connectivity index (χ1v) is 15.5. The van der Waals surface area contributed by atoms with E-state index in [1.54, 1.807) is 4.90 Å². The van der Waals surface area contributed by atoms with E-state index < -0.39 is 5.60 Å². The number of benzene rings is 2. The van der Waals surface area contributed by atoms with Crippen molar-refractivity contribution in [3.63, 3.8) is 0 Å². The van der Waals surface area contributed by atoms with Gasteiger partial charge in [0, 0.05) is 38.8 Å². The molecule has 2 N–H and O–H groups in total. The highest BCUT2D eigenvalue weighted by Gasteiger charge is 2.50. The highest BCUT2D eigenvalue weighted by atomic mass is 16.3. The lowest BCUT2D eigenvalue weighted by atomic mass is 9.83. The average Bonchev–Trinajstić information content (AvgIpc) is 3.66. The fourth-order valence-corrected chi connectivity index (χ4v) is 7.01. The van der Waals surface area contributed by atoms with Gasteiger partial charge in [-0.3, -0.25) is 9.59 Å². The molecule has 1 unspecified atom stereocenters. The molecule has 214 valence electrons. The molecule has 7 heteroatoms. The number of anilines is 1. The Labute approximate surface area is 238 Å². The van der Waals surface area contributed by atoms with E-state index in [1.807, 2.05) is 17.0 Å². The molecule has 2 amide bonds. The van der Waals surface area contributed by atoms with Crippen molar-refractivity contribution in [3.8, 4) is 11.1 Å². The van der Waals surface area contributed by atoms with E-state index in [-0.39, 0.29) is 11.8 Å². The van der Waals surface area contributed by atoms with Crippen molar-refractivity contribution in [2.45, 2.75) is 82.3 Å². The maximum absolute atomic E-state index is 13.2. The van der Waals surface area contributed by atoms with E-state index in [1.165, 1.54) is 74.6 Å². The summed E-state index contributed by atoms with van der Waals surface area (Å²) in [7, 11) is 2.19. The molecule has 2 aromatic carbocycles. The summed E-state index contributed by atoms with van der Waals surface area (Å²) in [5.74, 6) is 0.483. The highest BCUT2D eigenvalue weighted by molar-refractivity contribution is 5.95. The molecule has 7 nitrogen and oxygen atoms in total. The molecule has 40 heavy (non-hydrogen) atoms. The number of fused-ring (bicyclic) bond motifs is 1. The van der Waals surface area contributed by atoms with Crippen molar-refractivity contribution >= 4 is 17.5 Å². The van der Waals surface area contributed by atoms with E-state index in [4.69, 9.17) is 0 Å². The minimum Gasteiger partial charge on any atom is -0.380 e. The number of carbonyl (C=O) groups excluding carboxylic acids is 2. The Kier molecular flexibility index (Phi) is 7.87. The topological polar surface area (TPSA) is 76.1 Å². The quantitative estimate of drug-likeness (QED) is 0.523. The van der Waals surface area contributed by atoms with Crippen LogP contribution in [0.15, 0.2) is 42.5 Å². The van der Waals surface area contributed by atoms with Crippen LogP contribution in [0.5, 0.6) is 0 Å². The highest BCUT2D eigenvalue weighted by Crippen LogP contribution is 2.44. The van der Waals surface area contributed by atoms with Gasteiger partial charge in [-0.1, -0.05) is 63.1 Å². The molecule has 0 radical (unpaired) electrons. The molecule has 2 saturated carbocycles. The number of hydrazine groups is 1. The summed E-state index contributed by atoms with van der Waals surface area (Å²) in [6.07, 6.45) is 13.2. The van der Waals surface area contributed by atoms with Crippen LogP contribution in [0, 0.1) is 5.92 Å². The third-order valence-electron chi connectivity index (χ3n) is 9.62. The summed E-state index contributed by atoms with van der Waals surface area (Å²) in [5, 5.41) is 12.5. The summed E-state index contributed by atoms with van der Waals surface area (Å²) >= 11 is 0. The number of hydrogen-bond donors (Lipinski definition) is 2. The van der Waals surface area contributed by atoms with Crippen molar-refractivity contribution in [2.75, 3.05) is 38.7 Å². The van der Waals surface area contributed by atoms with E-state index in [2.05, 4.69) is 47.8 Å². The molecule has 2 aromatic rings. The van der Waals surface area contributed by atoms with Crippen LogP contribution in [-0.2, 0) is 4.79 Å². The van der Waals surface area contributed by atoms with Crippen LogP contribution in [0.3, 0.4) is 0 Å². The molecule has 2 aliphatic carbocycles. The number of aliphatic hydroxyl groups is 1. The second-order valence-electron chi connectivity index (χ2n) is 12.5. The Morgan fingerprint density at radius 3 is 2.00 bits per heavy atom. The van der Waals surface area contributed by atoms with Crippen LogP contribution in [-0.4, -0.2) is 70.6 Å². The zero-order chi connectivity index (χ0) is 27.7. The van der Waals surface area contributed by atoms with Crippen LogP contribution in [0.1, 0.15) is 92.6 Å². The SMILES string of the molecule is CN1Nc2ccc(-c3ccc(C(=O)N4CCN(C(=O)C5(O)CC5)CC4)cc3)cc2C1C1CCCCCCCCC1. The number of piperazine rings is 1. The van der Waals surface area contributed by atoms with Gasteiger partial charge in [0.05, 0.1) is 11.7 Å². The van der Waals surface area contributed by atoms with Crippen LogP contribution in [0.4, 0.5) is 5.69 Å². The van der Waals surface area contributed by atoms with Crippen molar-refractivity contribution in [3.05, 3.63) is 53.6 Å². The first kappa shape index (κ1) is 27.3.